The molecule has 0 aromatic carbocycles. The lowest BCUT2D eigenvalue weighted by Gasteiger charge is -2.00. The first-order chi connectivity index (χ1) is 11.7. The molecule has 0 saturated heterocycles. The summed E-state index contributed by atoms with van der Waals surface area (Å²) in [5.41, 5.74) is 0.843. The van der Waals surface area contributed by atoms with Crippen molar-refractivity contribution in [3.05, 3.63) is 40.1 Å². The minimum absolute atomic E-state index is 0.146. The summed E-state index contributed by atoms with van der Waals surface area (Å²) in [7, 11) is 0. The zero-order valence-electron chi connectivity index (χ0n) is 13.2. The van der Waals surface area contributed by atoms with E-state index in [1.807, 2.05) is 29.1 Å². The quantitative estimate of drug-likeness (QED) is 0.725. The van der Waals surface area contributed by atoms with Crippen LogP contribution in [-0.2, 0) is 6.42 Å². The fraction of sp³-hybridized carbons (Fsp3) is 0.375. The van der Waals surface area contributed by atoms with Crippen molar-refractivity contribution in [1.82, 2.24) is 19.7 Å². The molecule has 1 saturated carbocycles. The molecule has 0 unspecified atom stereocenters. The second-order valence-corrected chi connectivity index (χ2v) is 7.77. The Morgan fingerprint density at radius 1 is 1.29 bits per heavy atom. The predicted molar refractivity (Wildman–Crippen MR) is 95.3 cm³/mol. The number of hydrogen-bond acceptors (Lipinski definition) is 6. The highest BCUT2D eigenvalue weighted by Crippen LogP contribution is 2.42. The van der Waals surface area contributed by atoms with E-state index in [9.17, 15) is 4.79 Å². The number of carbonyl (C=O) groups excluding carboxylic acids is 1. The number of carbonyl (C=O) groups is 1. The van der Waals surface area contributed by atoms with E-state index in [1.54, 1.807) is 0 Å². The number of thiazole rings is 1. The number of amides is 1. The van der Waals surface area contributed by atoms with Gasteiger partial charge in [-0.1, -0.05) is 36.0 Å². The lowest BCUT2D eigenvalue weighted by molar-refractivity contribution is 0.102. The molecule has 3 aromatic rings. The van der Waals surface area contributed by atoms with Crippen molar-refractivity contribution in [2.75, 3.05) is 5.32 Å². The topological polar surface area (TPSA) is 72.7 Å². The Hall–Kier alpha value is -2.06. The summed E-state index contributed by atoms with van der Waals surface area (Å²) in [6, 6.07) is 3.89. The van der Waals surface area contributed by atoms with Gasteiger partial charge >= 0.3 is 0 Å². The van der Waals surface area contributed by atoms with Crippen molar-refractivity contribution in [2.45, 2.75) is 38.5 Å². The Balaban J connectivity index is 1.57. The van der Waals surface area contributed by atoms with Crippen LogP contribution in [0.3, 0.4) is 0 Å². The van der Waals surface area contributed by atoms with E-state index in [0.29, 0.717) is 15.9 Å². The SMILES string of the molecule is CCCc1nc(-n2cccc2)sc1C(=O)Nc1nnc(C2CC2)s1. The molecule has 0 spiro atoms. The fourth-order valence-corrected chi connectivity index (χ4v) is 4.31. The molecule has 4 rings (SSSR count). The van der Waals surface area contributed by atoms with E-state index in [1.165, 1.54) is 35.5 Å². The number of nitrogens with one attached hydrogen (secondary N) is 1. The molecule has 1 aliphatic carbocycles. The molecular weight excluding hydrogens is 342 g/mol. The maximum Gasteiger partial charge on any atom is 0.269 e. The average molecular weight is 359 g/mol. The first kappa shape index (κ1) is 15.5. The molecule has 0 aliphatic heterocycles. The molecule has 6 nitrogen and oxygen atoms in total. The Morgan fingerprint density at radius 3 is 2.79 bits per heavy atom. The number of aromatic nitrogens is 4. The Bertz CT molecular complexity index is 848. The highest BCUT2D eigenvalue weighted by Gasteiger charge is 2.28. The van der Waals surface area contributed by atoms with Crippen molar-refractivity contribution in [3.8, 4) is 5.13 Å². The molecule has 3 aromatic heterocycles. The van der Waals surface area contributed by atoms with Crippen LogP contribution in [0.2, 0.25) is 0 Å². The van der Waals surface area contributed by atoms with Crippen molar-refractivity contribution < 1.29 is 4.79 Å². The zero-order valence-corrected chi connectivity index (χ0v) is 14.9. The van der Waals surface area contributed by atoms with Crippen molar-refractivity contribution in [2.24, 2.45) is 0 Å². The number of anilines is 1. The van der Waals surface area contributed by atoms with Crippen LogP contribution >= 0.6 is 22.7 Å². The van der Waals surface area contributed by atoms with Gasteiger partial charge in [0.2, 0.25) is 5.13 Å². The minimum Gasteiger partial charge on any atom is -0.300 e. The van der Waals surface area contributed by atoms with Gasteiger partial charge < -0.3 is 4.57 Å². The summed E-state index contributed by atoms with van der Waals surface area (Å²) in [5.74, 6) is 0.403. The predicted octanol–water partition coefficient (Wildman–Crippen LogP) is 3.87. The molecule has 1 aliphatic rings. The Morgan fingerprint density at radius 2 is 2.08 bits per heavy atom. The van der Waals surface area contributed by atoms with Gasteiger partial charge in [0.1, 0.15) is 9.88 Å². The summed E-state index contributed by atoms with van der Waals surface area (Å²) in [4.78, 5) is 18.0. The van der Waals surface area contributed by atoms with Crippen LogP contribution in [0.15, 0.2) is 24.5 Å². The monoisotopic (exact) mass is 359 g/mol. The highest BCUT2D eigenvalue weighted by molar-refractivity contribution is 7.17. The first-order valence-electron chi connectivity index (χ1n) is 8.02. The maximum absolute atomic E-state index is 12.7. The summed E-state index contributed by atoms with van der Waals surface area (Å²) in [6.07, 6.45) is 7.95. The Kier molecular flexibility index (Phi) is 4.15. The van der Waals surface area contributed by atoms with E-state index in [2.05, 4.69) is 27.4 Å². The standard InChI is InChI=1S/C16H17N5OS2/c1-2-5-11-12(23-16(17-11)21-8-3-4-9-21)13(22)18-15-20-19-14(24-15)10-6-7-10/h3-4,8-10H,2,5-7H2,1H3,(H,18,20,22). The molecule has 1 N–H and O–H groups in total. The fourth-order valence-electron chi connectivity index (χ4n) is 2.43. The van der Waals surface area contributed by atoms with E-state index < -0.39 is 0 Å². The normalized spacial score (nSPS) is 14.0. The van der Waals surface area contributed by atoms with Crippen molar-refractivity contribution in [1.29, 1.82) is 0 Å². The molecule has 0 radical (unpaired) electrons. The molecule has 24 heavy (non-hydrogen) atoms. The second-order valence-electron chi connectivity index (χ2n) is 5.79. The van der Waals surface area contributed by atoms with Gasteiger partial charge in [0, 0.05) is 18.3 Å². The van der Waals surface area contributed by atoms with Crippen LogP contribution in [0.1, 0.15) is 52.5 Å². The minimum atomic E-state index is -0.146. The maximum atomic E-state index is 12.7. The molecule has 0 atom stereocenters. The third kappa shape index (κ3) is 3.11. The summed E-state index contributed by atoms with van der Waals surface area (Å²) >= 11 is 2.88. The van der Waals surface area contributed by atoms with E-state index >= 15 is 0 Å². The van der Waals surface area contributed by atoms with Gasteiger partial charge in [0.05, 0.1) is 5.69 Å². The van der Waals surface area contributed by atoms with Crippen LogP contribution in [0.25, 0.3) is 5.13 Å². The summed E-state index contributed by atoms with van der Waals surface area (Å²) in [6.45, 7) is 2.09. The second kappa shape index (κ2) is 6.45. The molecule has 124 valence electrons. The molecular formula is C16H17N5OS2. The molecule has 0 bridgehead atoms. The highest BCUT2D eigenvalue weighted by atomic mass is 32.1. The molecule has 8 heteroatoms. The van der Waals surface area contributed by atoms with Gasteiger partial charge in [-0.3, -0.25) is 10.1 Å². The van der Waals surface area contributed by atoms with Gasteiger partial charge in [-0.05, 0) is 31.4 Å². The number of nitrogens with zero attached hydrogens (tertiary/aromatic N) is 4. The van der Waals surface area contributed by atoms with Crippen LogP contribution in [0.4, 0.5) is 5.13 Å². The van der Waals surface area contributed by atoms with Crippen LogP contribution in [-0.4, -0.2) is 25.7 Å². The lowest BCUT2D eigenvalue weighted by atomic mass is 10.2. The van der Waals surface area contributed by atoms with Gasteiger partial charge in [-0.2, -0.15) is 0 Å². The van der Waals surface area contributed by atoms with Crippen LogP contribution in [0, 0.1) is 0 Å². The molecule has 1 amide bonds. The third-order valence-corrected chi connectivity index (χ3v) is 5.90. The van der Waals surface area contributed by atoms with Gasteiger partial charge in [0.15, 0.2) is 5.13 Å². The van der Waals surface area contributed by atoms with Gasteiger partial charge in [-0.15, -0.1) is 10.2 Å². The number of hydrogen-bond donors (Lipinski definition) is 1. The van der Waals surface area contributed by atoms with E-state index in [-0.39, 0.29) is 5.91 Å². The summed E-state index contributed by atoms with van der Waals surface area (Å²) < 4.78 is 1.93. The Labute approximate surface area is 147 Å². The lowest BCUT2D eigenvalue weighted by Crippen LogP contribution is -2.12. The van der Waals surface area contributed by atoms with Gasteiger partial charge in [0.25, 0.3) is 5.91 Å². The van der Waals surface area contributed by atoms with Gasteiger partial charge in [-0.25, -0.2) is 4.98 Å². The molecule has 1 fully saturated rings. The van der Waals surface area contributed by atoms with E-state index in [0.717, 1.165) is 28.7 Å². The third-order valence-electron chi connectivity index (χ3n) is 3.79. The first-order valence-corrected chi connectivity index (χ1v) is 9.65. The average Bonchev–Trinajstić information content (AvgIpc) is 3.00. The van der Waals surface area contributed by atoms with E-state index in [4.69, 9.17) is 0 Å². The number of aryl methyl sites for hydroxylation is 1. The van der Waals surface area contributed by atoms with Crippen LogP contribution < -0.4 is 5.32 Å². The molecule has 3 heterocycles. The van der Waals surface area contributed by atoms with Crippen molar-refractivity contribution in [3.63, 3.8) is 0 Å². The number of rotatable bonds is 6. The smallest absolute Gasteiger partial charge is 0.269 e. The van der Waals surface area contributed by atoms with Crippen molar-refractivity contribution >= 4 is 33.7 Å². The largest absolute Gasteiger partial charge is 0.300 e. The summed E-state index contributed by atoms with van der Waals surface area (Å²) in [5, 5.41) is 13.5. The van der Waals surface area contributed by atoms with Crippen LogP contribution in [0.5, 0.6) is 0 Å². The zero-order chi connectivity index (χ0) is 16.5.